The van der Waals surface area contributed by atoms with Crippen LogP contribution in [0.25, 0.3) is 0 Å². The molecule has 1 fully saturated rings. The van der Waals surface area contributed by atoms with E-state index in [-0.39, 0.29) is 0 Å². The molecule has 84 valence electrons. The first kappa shape index (κ1) is 10.7. The third-order valence-electron chi connectivity index (χ3n) is 3.16. The molecule has 0 aromatic carbocycles. The third-order valence-corrected chi connectivity index (χ3v) is 3.16. The lowest BCUT2D eigenvalue weighted by Crippen LogP contribution is -2.37. The molecular formula is C12H20N2O. The van der Waals surface area contributed by atoms with Gasteiger partial charge in [0.15, 0.2) is 0 Å². The van der Waals surface area contributed by atoms with Crippen LogP contribution in [-0.4, -0.2) is 30.6 Å². The molecule has 1 saturated heterocycles. The van der Waals surface area contributed by atoms with Crippen LogP contribution in [0.5, 0.6) is 0 Å². The molecule has 0 amide bonds. The maximum Gasteiger partial charge on any atom is 0.117 e. The Morgan fingerprint density at radius 2 is 2.53 bits per heavy atom. The van der Waals surface area contributed by atoms with Crippen molar-refractivity contribution in [1.82, 2.24) is 10.2 Å². The molecule has 1 N–H and O–H groups in total. The van der Waals surface area contributed by atoms with Gasteiger partial charge in [0.1, 0.15) is 5.76 Å². The minimum Gasteiger partial charge on any atom is -0.468 e. The smallest absolute Gasteiger partial charge is 0.117 e. The number of likely N-dealkylation sites (tertiary alicyclic amines) is 1. The third kappa shape index (κ3) is 2.83. The van der Waals surface area contributed by atoms with E-state index in [0.717, 1.165) is 24.9 Å². The highest BCUT2D eigenvalue weighted by Crippen LogP contribution is 2.15. The zero-order chi connectivity index (χ0) is 10.5. The minimum atomic E-state index is 0.727. The van der Waals surface area contributed by atoms with Crippen LogP contribution in [0.15, 0.2) is 22.8 Å². The molecular weight excluding hydrogens is 188 g/mol. The van der Waals surface area contributed by atoms with Crippen molar-refractivity contribution in [3.8, 4) is 0 Å². The van der Waals surface area contributed by atoms with Crippen LogP contribution in [0.1, 0.15) is 25.5 Å². The molecule has 0 spiro atoms. The molecule has 1 aliphatic rings. The Hall–Kier alpha value is -0.800. The van der Waals surface area contributed by atoms with E-state index in [2.05, 4.69) is 17.1 Å². The zero-order valence-corrected chi connectivity index (χ0v) is 9.41. The Balaban J connectivity index is 1.69. The van der Waals surface area contributed by atoms with E-state index in [9.17, 15) is 0 Å². The van der Waals surface area contributed by atoms with Crippen molar-refractivity contribution >= 4 is 0 Å². The van der Waals surface area contributed by atoms with E-state index >= 15 is 0 Å². The first-order valence-corrected chi connectivity index (χ1v) is 5.87. The summed E-state index contributed by atoms with van der Waals surface area (Å²) in [5.41, 5.74) is 0. The highest BCUT2D eigenvalue weighted by atomic mass is 16.3. The number of hydrogen-bond acceptors (Lipinski definition) is 3. The van der Waals surface area contributed by atoms with Crippen LogP contribution < -0.4 is 5.32 Å². The Morgan fingerprint density at radius 3 is 3.27 bits per heavy atom. The summed E-state index contributed by atoms with van der Waals surface area (Å²) in [7, 11) is 0. The number of rotatable bonds is 5. The van der Waals surface area contributed by atoms with Crippen molar-refractivity contribution in [2.24, 2.45) is 0 Å². The Morgan fingerprint density at radius 1 is 1.60 bits per heavy atom. The molecule has 3 heteroatoms. The second-order valence-electron chi connectivity index (χ2n) is 4.13. The van der Waals surface area contributed by atoms with Gasteiger partial charge in [-0.2, -0.15) is 0 Å². The zero-order valence-electron chi connectivity index (χ0n) is 9.41. The molecule has 0 bridgehead atoms. The first-order chi connectivity index (χ1) is 7.40. The van der Waals surface area contributed by atoms with Gasteiger partial charge in [-0.05, 0) is 38.1 Å². The first-order valence-electron chi connectivity index (χ1n) is 5.87. The summed E-state index contributed by atoms with van der Waals surface area (Å²) in [6, 6.07) is 4.68. The summed E-state index contributed by atoms with van der Waals surface area (Å²) in [6.07, 6.45) is 4.41. The molecule has 2 rings (SSSR count). The lowest BCUT2D eigenvalue weighted by atomic mass is 10.2. The van der Waals surface area contributed by atoms with Gasteiger partial charge in [0.05, 0.1) is 12.8 Å². The van der Waals surface area contributed by atoms with Gasteiger partial charge in [0.25, 0.3) is 0 Å². The number of nitrogens with one attached hydrogen (secondary N) is 1. The van der Waals surface area contributed by atoms with Crippen molar-refractivity contribution in [3.05, 3.63) is 24.2 Å². The van der Waals surface area contributed by atoms with Crippen LogP contribution in [-0.2, 0) is 6.54 Å². The maximum atomic E-state index is 5.28. The second-order valence-corrected chi connectivity index (χ2v) is 4.13. The van der Waals surface area contributed by atoms with Crippen molar-refractivity contribution in [2.75, 3.05) is 19.6 Å². The largest absolute Gasteiger partial charge is 0.468 e. The lowest BCUT2D eigenvalue weighted by molar-refractivity contribution is 0.258. The molecule has 1 aromatic heterocycles. The normalized spacial score (nSPS) is 22.3. The fraction of sp³-hybridized carbons (Fsp3) is 0.667. The number of hydrogen-bond donors (Lipinski definition) is 1. The molecule has 0 aliphatic carbocycles. The van der Waals surface area contributed by atoms with Crippen LogP contribution in [0.2, 0.25) is 0 Å². The molecule has 1 aliphatic heterocycles. The van der Waals surface area contributed by atoms with Crippen molar-refractivity contribution in [3.63, 3.8) is 0 Å². The molecule has 0 saturated carbocycles. The number of nitrogens with zero attached hydrogens (tertiary/aromatic N) is 1. The van der Waals surface area contributed by atoms with E-state index in [4.69, 9.17) is 4.42 Å². The van der Waals surface area contributed by atoms with Crippen LogP contribution in [0.4, 0.5) is 0 Å². The molecule has 3 nitrogen and oxygen atoms in total. The number of furan rings is 1. The Kier molecular flexibility index (Phi) is 3.80. The van der Waals surface area contributed by atoms with E-state index in [0.29, 0.717) is 0 Å². The second kappa shape index (κ2) is 5.33. The monoisotopic (exact) mass is 208 g/mol. The Bertz CT molecular complexity index is 271. The van der Waals surface area contributed by atoms with Gasteiger partial charge in [-0.25, -0.2) is 0 Å². The molecule has 1 unspecified atom stereocenters. The van der Waals surface area contributed by atoms with Gasteiger partial charge in [-0.3, -0.25) is 4.90 Å². The summed E-state index contributed by atoms with van der Waals surface area (Å²) in [5, 5.41) is 3.46. The fourth-order valence-electron chi connectivity index (χ4n) is 2.32. The standard InChI is InChI=1S/C12H20N2O/c1-2-14-7-3-5-11(14)9-13-10-12-6-4-8-15-12/h4,6,8,11,13H,2-3,5,7,9-10H2,1H3. The van der Waals surface area contributed by atoms with Crippen LogP contribution in [0, 0.1) is 0 Å². The summed E-state index contributed by atoms with van der Waals surface area (Å²) in [5.74, 6) is 1.02. The topological polar surface area (TPSA) is 28.4 Å². The van der Waals surface area contributed by atoms with Gasteiger partial charge in [0.2, 0.25) is 0 Å². The van der Waals surface area contributed by atoms with E-state index < -0.39 is 0 Å². The summed E-state index contributed by atoms with van der Waals surface area (Å²) in [6.45, 7) is 6.61. The highest BCUT2D eigenvalue weighted by Gasteiger charge is 2.21. The predicted octanol–water partition coefficient (Wildman–Crippen LogP) is 1.85. The molecule has 0 radical (unpaired) electrons. The molecule has 2 heterocycles. The van der Waals surface area contributed by atoms with Crippen molar-refractivity contribution < 1.29 is 4.42 Å². The van der Waals surface area contributed by atoms with Crippen molar-refractivity contribution in [1.29, 1.82) is 0 Å². The number of likely N-dealkylation sites (N-methyl/N-ethyl adjacent to an activating group) is 1. The Labute approximate surface area is 91.4 Å². The maximum absolute atomic E-state index is 5.28. The van der Waals surface area contributed by atoms with Crippen LogP contribution in [0.3, 0.4) is 0 Å². The van der Waals surface area contributed by atoms with E-state index in [1.807, 2.05) is 12.1 Å². The summed E-state index contributed by atoms with van der Waals surface area (Å²) in [4.78, 5) is 2.55. The average molecular weight is 208 g/mol. The quantitative estimate of drug-likeness (QED) is 0.800. The van der Waals surface area contributed by atoms with Gasteiger partial charge in [-0.15, -0.1) is 0 Å². The summed E-state index contributed by atoms with van der Waals surface area (Å²) < 4.78 is 5.28. The van der Waals surface area contributed by atoms with E-state index in [1.54, 1.807) is 6.26 Å². The highest BCUT2D eigenvalue weighted by molar-refractivity contribution is 4.97. The fourth-order valence-corrected chi connectivity index (χ4v) is 2.32. The van der Waals surface area contributed by atoms with Crippen molar-refractivity contribution in [2.45, 2.75) is 32.4 Å². The average Bonchev–Trinajstić information content (AvgIpc) is 2.88. The van der Waals surface area contributed by atoms with Gasteiger partial charge in [-0.1, -0.05) is 6.92 Å². The lowest BCUT2D eigenvalue weighted by Gasteiger charge is -2.22. The SMILES string of the molecule is CCN1CCCC1CNCc1ccco1. The van der Waals surface area contributed by atoms with Crippen LogP contribution >= 0.6 is 0 Å². The molecule has 15 heavy (non-hydrogen) atoms. The van der Waals surface area contributed by atoms with Gasteiger partial charge >= 0.3 is 0 Å². The minimum absolute atomic E-state index is 0.727. The predicted molar refractivity (Wildman–Crippen MR) is 60.7 cm³/mol. The molecule has 1 atom stereocenters. The van der Waals surface area contributed by atoms with E-state index in [1.165, 1.54) is 25.9 Å². The van der Waals surface area contributed by atoms with Gasteiger partial charge < -0.3 is 9.73 Å². The van der Waals surface area contributed by atoms with Gasteiger partial charge in [0, 0.05) is 12.6 Å². The summed E-state index contributed by atoms with van der Waals surface area (Å²) >= 11 is 0. The molecule has 1 aromatic rings.